The number of carbonyl (C=O) groups excluding carboxylic acids is 1. The van der Waals surface area contributed by atoms with E-state index in [2.05, 4.69) is 0 Å². The lowest BCUT2D eigenvalue weighted by Gasteiger charge is -2.32. The fourth-order valence-corrected chi connectivity index (χ4v) is 4.24. The van der Waals surface area contributed by atoms with Crippen LogP contribution in [0.3, 0.4) is 0 Å². The molecule has 0 radical (unpaired) electrons. The van der Waals surface area contributed by atoms with Crippen molar-refractivity contribution in [1.29, 1.82) is 0 Å². The summed E-state index contributed by atoms with van der Waals surface area (Å²) in [6.07, 6.45) is 1.55. The number of nitrogens with zero attached hydrogens (tertiary/aromatic N) is 1. The summed E-state index contributed by atoms with van der Waals surface area (Å²) in [5.41, 5.74) is 6.24. The first-order valence-electron chi connectivity index (χ1n) is 7.89. The van der Waals surface area contributed by atoms with E-state index in [9.17, 15) is 13.2 Å². The lowest BCUT2D eigenvalue weighted by Crippen LogP contribution is -2.42. The highest BCUT2D eigenvalue weighted by molar-refractivity contribution is 7.89. The number of benzene rings is 1. The SMILES string of the molecule is CCOC(=O)c1ccc(S(=O)(=O)N2CCC(C(C)N)CC2)cc1. The van der Waals surface area contributed by atoms with Gasteiger partial charge in [-0.25, -0.2) is 13.2 Å². The lowest BCUT2D eigenvalue weighted by atomic mass is 9.92. The second-order valence-corrected chi connectivity index (χ2v) is 7.78. The summed E-state index contributed by atoms with van der Waals surface area (Å²) in [4.78, 5) is 11.8. The number of sulfonamides is 1. The molecule has 23 heavy (non-hydrogen) atoms. The van der Waals surface area contributed by atoms with Crippen molar-refractivity contribution in [3.05, 3.63) is 29.8 Å². The molecule has 1 heterocycles. The van der Waals surface area contributed by atoms with Gasteiger partial charge in [0.25, 0.3) is 0 Å². The highest BCUT2D eigenvalue weighted by Gasteiger charge is 2.30. The summed E-state index contributed by atoms with van der Waals surface area (Å²) >= 11 is 0. The van der Waals surface area contributed by atoms with Gasteiger partial charge in [0.2, 0.25) is 10.0 Å². The van der Waals surface area contributed by atoms with Gasteiger partial charge >= 0.3 is 5.97 Å². The molecule has 6 nitrogen and oxygen atoms in total. The molecule has 2 rings (SSSR count). The largest absolute Gasteiger partial charge is 0.462 e. The number of esters is 1. The number of ether oxygens (including phenoxy) is 1. The molecule has 0 saturated carbocycles. The van der Waals surface area contributed by atoms with E-state index >= 15 is 0 Å². The van der Waals surface area contributed by atoms with Crippen molar-refractivity contribution in [3.63, 3.8) is 0 Å². The predicted molar refractivity (Wildman–Crippen MR) is 87.5 cm³/mol. The van der Waals surface area contributed by atoms with E-state index in [0.717, 1.165) is 12.8 Å². The zero-order chi connectivity index (χ0) is 17.0. The zero-order valence-corrected chi connectivity index (χ0v) is 14.4. The van der Waals surface area contributed by atoms with Crippen molar-refractivity contribution in [1.82, 2.24) is 4.31 Å². The van der Waals surface area contributed by atoms with Crippen LogP contribution >= 0.6 is 0 Å². The molecule has 0 bridgehead atoms. The number of carbonyl (C=O) groups is 1. The maximum Gasteiger partial charge on any atom is 0.338 e. The molecule has 0 aromatic heterocycles. The van der Waals surface area contributed by atoms with Crippen LogP contribution in [0, 0.1) is 5.92 Å². The Morgan fingerprint density at radius 1 is 1.30 bits per heavy atom. The minimum atomic E-state index is -3.53. The minimum Gasteiger partial charge on any atom is -0.462 e. The monoisotopic (exact) mass is 340 g/mol. The summed E-state index contributed by atoms with van der Waals surface area (Å²) in [6.45, 7) is 4.93. The van der Waals surface area contributed by atoms with Crippen LogP contribution in [0.4, 0.5) is 0 Å². The molecule has 1 aromatic carbocycles. The molecule has 0 amide bonds. The van der Waals surface area contributed by atoms with Crippen molar-refractivity contribution in [2.24, 2.45) is 11.7 Å². The van der Waals surface area contributed by atoms with Crippen LogP contribution in [0.2, 0.25) is 0 Å². The van der Waals surface area contributed by atoms with Crippen LogP contribution in [-0.4, -0.2) is 44.4 Å². The van der Waals surface area contributed by atoms with Gasteiger partial charge in [0, 0.05) is 19.1 Å². The van der Waals surface area contributed by atoms with Crippen LogP contribution in [0.15, 0.2) is 29.2 Å². The first kappa shape index (κ1) is 17.9. The van der Waals surface area contributed by atoms with Gasteiger partial charge in [0.1, 0.15) is 0 Å². The molecule has 128 valence electrons. The van der Waals surface area contributed by atoms with Crippen LogP contribution in [0.25, 0.3) is 0 Å². The predicted octanol–water partition coefficient (Wildman–Crippen LogP) is 1.61. The second kappa shape index (κ2) is 7.42. The van der Waals surface area contributed by atoms with Gasteiger partial charge in [-0.2, -0.15) is 4.31 Å². The average Bonchev–Trinajstić information content (AvgIpc) is 2.55. The average molecular weight is 340 g/mol. The van der Waals surface area contributed by atoms with E-state index in [-0.39, 0.29) is 17.5 Å². The molecule has 1 atom stereocenters. The Morgan fingerprint density at radius 3 is 2.35 bits per heavy atom. The maximum atomic E-state index is 12.6. The van der Waals surface area contributed by atoms with Crippen LogP contribution in [0.5, 0.6) is 0 Å². The molecule has 0 spiro atoms. The van der Waals surface area contributed by atoms with Crippen LogP contribution in [0.1, 0.15) is 37.0 Å². The van der Waals surface area contributed by atoms with E-state index in [4.69, 9.17) is 10.5 Å². The number of hydrogen-bond acceptors (Lipinski definition) is 5. The van der Waals surface area contributed by atoms with Crippen molar-refractivity contribution >= 4 is 16.0 Å². The molecule has 1 fully saturated rings. The van der Waals surface area contributed by atoms with Gasteiger partial charge in [0.05, 0.1) is 17.1 Å². The maximum absolute atomic E-state index is 12.6. The number of rotatable bonds is 5. The molecule has 1 aliphatic heterocycles. The molecule has 1 aliphatic rings. The third-order valence-electron chi connectivity index (χ3n) is 4.25. The number of hydrogen-bond donors (Lipinski definition) is 1. The fourth-order valence-electron chi connectivity index (χ4n) is 2.77. The molecule has 7 heteroatoms. The Labute approximate surface area is 137 Å². The fraction of sp³-hybridized carbons (Fsp3) is 0.562. The zero-order valence-electron chi connectivity index (χ0n) is 13.6. The van der Waals surface area contributed by atoms with E-state index in [1.165, 1.54) is 28.6 Å². The molecule has 1 saturated heterocycles. The summed E-state index contributed by atoms with van der Waals surface area (Å²) in [5.74, 6) is -0.0816. The van der Waals surface area contributed by atoms with Gasteiger partial charge in [-0.3, -0.25) is 0 Å². The lowest BCUT2D eigenvalue weighted by molar-refractivity contribution is 0.0526. The summed E-state index contributed by atoms with van der Waals surface area (Å²) in [6, 6.07) is 5.97. The van der Waals surface area contributed by atoms with E-state index in [0.29, 0.717) is 24.6 Å². The Bertz CT molecular complexity index is 633. The van der Waals surface area contributed by atoms with Gasteiger partial charge in [0.15, 0.2) is 0 Å². The molecule has 1 unspecified atom stereocenters. The Morgan fingerprint density at radius 2 is 1.87 bits per heavy atom. The molecular formula is C16H24N2O4S. The van der Waals surface area contributed by atoms with Gasteiger partial charge in [-0.1, -0.05) is 0 Å². The molecule has 1 aromatic rings. The quantitative estimate of drug-likeness (QED) is 0.823. The Hall–Kier alpha value is -1.44. The van der Waals surface area contributed by atoms with Crippen LogP contribution in [-0.2, 0) is 14.8 Å². The normalized spacial score (nSPS) is 18.6. The Kier molecular flexibility index (Phi) is 5.78. The van der Waals surface area contributed by atoms with E-state index in [1.807, 2.05) is 6.92 Å². The first-order chi connectivity index (χ1) is 10.9. The van der Waals surface area contributed by atoms with Crippen LogP contribution < -0.4 is 5.73 Å². The van der Waals surface area contributed by atoms with E-state index < -0.39 is 16.0 Å². The minimum absolute atomic E-state index is 0.0868. The molecular weight excluding hydrogens is 316 g/mol. The standard InChI is InChI=1S/C16H24N2O4S/c1-3-22-16(19)14-4-6-15(7-5-14)23(20,21)18-10-8-13(9-11-18)12(2)17/h4-7,12-13H,3,8-11,17H2,1-2H3. The summed E-state index contributed by atoms with van der Waals surface area (Å²) in [5, 5.41) is 0. The summed E-state index contributed by atoms with van der Waals surface area (Å²) in [7, 11) is -3.53. The summed E-state index contributed by atoms with van der Waals surface area (Å²) < 4.78 is 31.7. The third kappa shape index (κ3) is 4.10. The number of nitrogens with two attached hydrogens (primary N) is 1. The van der Waals surface area contributed by atoms with Gasteiger partial charge < -0.3 is 10.5 Å². The first-order valence-corrected chi connectivity index (χ1v) is 9.33. The van der Waals surface area contributed by atoms with Crippen molar-refractivity contribution < 1.29 is 17.9 Å². The van der Waals surface area contributed by atoms with Crippen molar-refractivity contribution in [2.45, 2.75) is 37.6 Å². The topological polar surface area (TPSA) is 89.7 Å². The van der Waals surface area contributed by atoms with Gasteiger partial charge in [-0.15, -0.1) is 0 Å². The Balaban J connectivity index is 2.10. The number of piperidine rings is 1. The highest BCUT2D eigenvalue weighted by Crippen LogP contribution is 2.25. The third-order valence-corrected chi connectivity index (χ3v) is 6.16. The molecule has 0 aliphatic carbocycles. The molecule has 2 N–H and O–H groups in total. The van der Waals surface area contributed by atoms with E-state index in [1.54, 1.807) is 6.92 Å². The van der Waals surface area contributed by atoms with Gasteiger partial charge in [-0.05, 0) is 56.9 Å². The van der Waals surface area contributed by atoms with Crippen molar-refractivity contribution in [2.75, 3.05) is 19.7 Å². The van der Waals surface area contributed by atoms with Crippen molar-refractivity contribution in [3.8, 4) is 0 Å². The highest BCUT2D eigenvalue weighted by atomic mass is 32.2. The second-order valence-electron chi connectivity index (χ2n) is 5.85. The smallest absolute Gasteiger partial charge is 0.338 e.